The molecule has 0 saturated carbocycles. The van der Waals surface area contributed by atoms with Crippen LogP contribution in [-0.2, 0) is 23.0 Å². The monoisotopic (exact) mass is 318 g/mol. The van der Waals surface area contributed by atoms with Crippen molar-refractivity contribution in [2.24, 2.45) is 5.73 Å². The van der Waals surface area contributed by atoms with Crippen molar-refractivity contribution >= 4 is 10.0 Å². The summed E-state index contributed by atoms with van der Waals surface area (Å²) in [5, 5.41) is 3.50. The Balaban J connectivity index is 2.17. The van der Waals surface area contributed by atoms with Gasteiger partial charge in [-0.15, -0.1) is 0 Å². The number of nitrogens with two attached hydrogens (primary N) is 1. The minimum absolute atomic E-state index is 0.0875. The second-order valence-electron chi connectivity index (χ2n) is 4.09. The molecule has 0 saturated heterocycles. The molecule has 0 atom stereocenters. The number of halogens is 2. The number of hydrogen-bond acceptors (Lipinski definition) is 6. The van der Waals surface area contributed by atoms with Crippen molar-refractivity contribution in [1.29, 1.82) is 0 Å². The molecule has 0 aliphatic heterocycles. The van der Waals surface area contributed by atoms with Crippen molar-refractivity contribution in [2.45, 2.75) is 17.9 Å². The smallest absolute Gasteiger partial charge is 0.243 e. The van der Waals surface area contributed by atoms with Crippen LogP contribution in [0.25, 0.3) is 0 Å². The number of nitrogens with one attached hydrogen (secondary N) is 1. The fourth-order valence-electron chi connectivity index (χ4n) is 1.61. The molecule has 0 radical (unpaired) electrons. The highest BCUT2D eigenvalue weighted by atomic mass is 32.2. The first-order chi connectivity index (χ1) is 9.94. The summed E-state index contributed by atoms with van der Waals surface area (Å²) >= 11 is 0. The van der Waals surface area contributed by atoms with E-state index in [4.69, 9.17) is 5.73 Å². The number of sulfonamides is 1. The molecule has 21 heavy (non-hydrogen) atoms. The molecule has 10 heteroatoms. The molecule has 0 unspecified atom stereocenters. The lowest BCUT2D eigenvalue weighted by Crippen LogP contribution is -2.27. The fourth-order valence-corrected chi connectivity index (χ4v) is 2.77. The molecule has 0 aliphatic rings. The SMILES string of the molecule is NCc1cc(F)c(F)c(S(=O)(=O)NCCc2ncon2)c1. The maximum Gasteiger partial charge on any atom is 0.243 e. The van der Waals surface area contributed by atoms with E-state index in [9.17, 15) is 17.2 Å². The number of rotatable bonds is 6. The maximum atomic E-state index is 13.6. The molecular weight excluding hydrogens is 306 g/mol. The Labute approximate surface area is 119 Å². The van der Waals surface area contributed by atoms with Crippen LogP contribution in [0.15, 0.2) is 27.9 Å². The molecule has 114 valence electrons. The molecule has 0 bridgehead atoms. The lowest BCUT2D eigenvalue weighted by atomic mass is 10.2. The highest BCUT2D eigenvalue weighted by Crippen LogP contribution is 2.19. The van der Waals surface area contributed by atoms with Crippen LogP contribution >= 0.6 is 0 Å². The highest BCUT2D eigenvalue weighted by molar-refractivity contribution is 7.89. The van der Waals surface area contributed by atoms with Crippen molar-refractivity contribution in [2.75, 3.05) is 6.54 Å². The van der Waals surface area contributed by atoms with Crippen LogP contribution in [0.1, 0.15) is 11.4 Å². The van der Waals surface area contributed by atoms with Crippen LogP contribution < -0.4 is 10.5 Å². The van der Waals surface area contributed by atoms with Crippen molar-refractivity contribution in [3.63, 3.8) is 0 Å². The standard InChI is InChI=1S/C11H12F2N4O3S/c12-8-3-7(5-14)4-9(11(8)13)21(18,19)16-2-1-10-15-6-20-17-10/h3-4,6,16H,1-2,5,14H2. The first-order valence-corrected chi connectivity index (χ1v) is 7.35. The van der Waals surface area contributed by atoms with E-state index >= 15 is 0 Å². The van der Waals surface area contributed by atoms with Gasteiger partial charge in [0.05, 0.1) is 0 Å². The van der Waals surface area contributed by atoms with E-state index in [1.54, 1.807) is 0 Å². The van der Waals surface area contributed by atoms with E-state index in [0.29, 0.717) is 5.82 Å². The number of aromatic nitrogens is 2. The molecule has 1 heterocycles. The first-order valence-electron chi connectivity index (χ1n) is 5.87. The highest BCUT2D eigenvalue weighted by Gasteiger charge is 2.22. The minimum Gasteiger partial charge on any atom is -0.343 e. The van der Waals surface area contributed by atoms with E-state index in [-0.39, 0.29) is 25.1 Å². The van der Waals surface area contributed by atoms with Gasteiger partial charge in [-0.05, 0) is 17.7 Å². The summed E-state index contributed by atoms with van der Waals surface area (Å²) in [5.74, 6) is -2.42. The Morgan fingerprint density at radius 1 is 1.33 bits per heavy atom. The zero-order valence-electron chi connectivity index (χ0n) is 10.7. The fraction of sp³-hybridized carbons (Fsp3) is 0.273. The average Bonchev–Trinajstić information content (AvgIpc) is 2.94. The molecule has 0 spiro atoms. The topological polar surface area (TPSA) is 111 Å². The molecule has 2 aromatic rings. The lowest BCUT2D eigenvalue weighted by Gasteiger charge is -2.09. The normalized spacial score (nSPS) is 11.8. The van der Waals surface area contributed by atoms with E-state index in [1.807, 2.05) is 0 Å². The Morgan fingerprint density at radius 2 is 2.10 bits per heavy atom. The number of nitrogens with zero attached hydrogens (tertiary/aromatic N) is 2. The van der Waals surface area contributed by atoms with Gasteiger partial charge in [-0.1, -0.05) is 5.16 Å². The van der Waals surface area contributed by atoms with Gasteiger partial charge in [-0.3, -0.25) is 0 Å². The predicted octanol–water partition coefficient (Wildman–Crippen LogP) is 0.327. The quantitative estimate of drug-likeness (QED) is 0.794. The van der Waals surface area contributed by atoms with Crippen LogP contribution in [0, 0.1) is 11.6 Å². The van der Waals surface area contributed by atoms with Gasteiger partial charge in [-0.2, -0.15) is 4.98 Å². The van der Waals surface area contributed by atoms with Gasteiger partial charge in [0.15, 0.2) is 17.5 Å². The van der Waals surface area contributed by atoms with Crippen LogP contribution in [0.5, 0.6) is 0 Å². The summed E-state index contributed by atoms with van der Waals surface area (Å²) in [5.41, 5.74) is 5.49. The minimum atomic E-state index is -4.21. The Kier molecular flexibility index (Phi) is 4.60. The van der Waals surface area contributed by atoms with E-state index < -0.39 is 26.6 Å². The zero-order valence-corrected chi connectivity index (χ0v) is 11.5. The molecule has 2 rings (SSSR count). The summed E-state index contributed by atoms with van der Waals surface area (Å²) < 4.78 is 57.6. The summed E-state index contributed by atoms with van der Waals surface area (Å²) in [6.45, 7) is -0.196. The molecule has 7 nitrogen and oxygen atoms in total. The summed E-state index contributed by atoms with van der Waals surface area (Å²) in [6.07, 6.45) is 1.25. The lowest BCUT2D eigenvalue weighted by molar-refractivity contribution is 0.409. The van der Waals surface area contributed by atoms with Gasteiger partial charge in [0.1, 0.15) is 4.90 Å². The molecule has 1 aromatic heterocycles. The van der Waals surface area contributed by atoms with Gasteiger partial charge in [-0.25, -0.2) is 21.9 Å². The van der Waals surface area contributed by atoms with Gasteiger partial charge in [0, 0.05) is 19.5 Å². The van der Waals surface area contributed by atoms with Crippen molar-refractivity contribution in [3.8, 4) is 0 Å². The van der Waals surface area contributed by atoms with Crippen LogP contribution in [0.3, 0.4) is 0 Å². The van der Waals surface area contributed by atoms with E-state index in [2.05, 4.69) is 19.4 Å². The van der Waals surface area contributed by atoms with Gasteiger partial charge >= 0.3 is 0 Å². The summed E-state index contributed by atoms with van der Waals surface area (Å²) in [4.78, 5) is 2.92. The molecule has 3 N–H and O–H groups in total. The number of benzene rings is 1. The van der Waals surface area contributed by atoms with Crippen molar-refractivity contribution in [1.82, 2.24) is 14.9 Å². The van der Waals surface area contributed by atoms with Crippen LogP contribution in [0.2, 0.25) is 0 Å². The van der Waals surface area contributed by atoms with E-state index in [0.717, 1.165) is 18.5 Å². The Morgan fingerprint density at radius 3 is 2.71 bits per heavy atom. The zero-order chi connectivity index (χ0) is 15.5. The summed E-state index contributed by atoms with van der Waals surface area (Å²) in [7, 11) is -4.21. The number of hydrogen-bond donors (Lipinski definition) is 2. The summed E-state index contributed by atoms with van der Waals surface area (Å²) in [6, 6.07) is 1.85. The van der Waals surface area contributed by atoms with Crippen LogP contribution in [-0.4, -0.2) is 25.1 Å². The van der Waals surface area contributed by atoms with Gasteiger partial charge < -0.3 is 10.3 Å². The van der Waals surface area contributed by atoms with Gasteiger partial charge in [0.2, 0.25) is 16.4 Å². The molecule has 0 aliphatic carbocycles. The first kappa shape index (κ1) is 15.5. The molecule has 0 amide bonds. The second kappa shape index (κ2) is 6.24. The predicted molar refractivity (Wildman–Crippen MR) is 67.4 cm³/mol. The Hall–Kier alpha value is -1.91. The second-order valence-corrected chi connectivity index (χ2v) is 5.82. The van der Waals surface area contributed by atoms with Gasteiger partial charge in [0.25, 0.3) is 0 Å². The largest absolute Gasteiger partial charge is 0.343 e. The molecular formula is C11H12F2N4O3S. The van der Waals surface area contributed by atoms with Crippen molar-refractivity contribution < 1.29 is 21.7 Å². The Bertz CT molecular complexity index is 719. The molecule has 0 fully saturated rings. The molecule has 1 aromatic carbocycles. The van der Waals surface area contributed by atoms with Crippen molar-refractivity contribution in [3.05, 3.63) is 41.5 Å². The third-order valence-electron chi connectivity index (χ3n) is 2.63. The third-order valence-corrected chi connectivity index (χ3v) is 4.09. The van der Waals surface area contributed by atoms with Crippen LogP contribution in [0.4, 0.5) is 8.78 Å². The van der Waals surface area contributed by atoms with E-state index in [1.165, 1.54) is 0 Å². The average molecular weight is 318 g/mol. The maximum absolute atomic E-state index is 13.6. The third kappa shape index (κ3) is 3.60.